The summed E-state index contributed by atoms with van der Waals surface area (Å²) in [6.45, 7) is 24.4. The predicted octanol–water partition coefficient (Wildman–Crippen LogP) is 16.0. The first kappa shape index (κ1) is 39.6. The van der Waals surface area contributed by atoms with Gasteiger partial charge in [0.1, 0.15) is 11.6 Å². The molecule has 0 bridgehead atoms. The second-order valence-corrected chi connectivity index (χ2v) is 21.3. The third kappa shape index (κ3) is 8.61. The van der Waals surface area contributed by atoms with E-state index in [2.05, 4.69) is 173 Å². The highest BCUT2D eigenvalue weighted by atomic mass is 16.3. The summed E-state index contributed by atoms with van der Waals surface area (Å²) in [6.07, 6.45) is 1.82. The van der Waals surface area contributed by atoms with Crippen molar-refractivity contribution < 1.29 is 9.22 Å². The lowest BCUT2D eigenvalue weighted by molar-refractivity contribution is 0.448. The maximum Gasteiger partial charge on any atom is 0.149 e. The summed E-state index contributed by atoms with van der Waals surface area (Å²) in [4.78, 5) is 10.5. The molecule has 8 rings (SSSR count). The van der Waals surface area contributed by atoms with Crippen molar-refractivity contribution >= 4 is 11.0 Å². The third-order valence-corrected chi connectivity index (χ3v) is 12.3. The molecule has 0 amide bonds. The summed E-state index contributed by atoms with van der Waals surface area (Å²) in [5.41, 5.74) is 15.4. The number of rotatable bonds is 6. The van der Waals surface area contributed by atoms with Crippen molar-refractivity contribution in [2.75, 3.05) is 0 Å². The molecule has 0 aliphatic rings. The summed E-state index contributed by atoms with van der Waals surface area (Å²) in [5, 5.41) is 12.2. The van der Waals surface area contributed by atoms with Crippen molar-refractivity contribution in [3.8, 4) is 67.5 Å². The molecule has 0 spiro atoms. The Hall–Kier alpha value is -6.26. The van der Waals surface area contributed by atoms with Gasteiger partial charge in [-0.05, 0) is 127 Å². The van der Waals surface area contributed by atoms with E-state index in [1.54, 1.807) is 12.1 Å². The lowest BCUT2D eigenvalue weighted by atomic mass is 9.83. The number of pyridine rings is 1. The first-order chi connectivity index (χ1) is 30.8. The van der Waals surface area contributed by atoms with Crippen molar-refractivity contribution in [1.29, 1.82) is 0 Å². The summed E-state index contributed by atoms with van der Waals surface area (Å²) < 4.78 is 25.8. The van der Waals surface area contributed by atoms with E-state index in [4.69, 9.17) is 14.1 Å². The summed E-state index contributed by atoms with van der Waals surface area (Å²) in [7, 11) is 0. The monoisotopic (exact) mass is 833 g/mol. The molecule has 63 heavy (non-hydrogen) atoms. The van der Waals surface area contributed by atoms with Gasteiger partial charge in [-0.15, -0.1) is 0 Å². The van der Waals surface area contributed by atoms with Crippen LogP contribution in [0.3, 0.4) is 0 Å². The Morgan fingerprint density at radius 2 is 1.08 bits per heavy atom. The minimum atomic E-state index is -2.17. The average molecular weight is 833 g/mol. The SMILES string of the molecule is [2H]C([2H])([2H])c1ccc(-c2ccnc(-c3cc(-c4cccc5c4nc(-c4cccc(C(C)(C)C)c4O)n5-c4ccc(-c5ccc(C(C)(C)C)cc5)cc4C(C)(C)C)cc(C(C)(C)C)c3)c2)cc1. The van der Waals surface area contributed by atoms with Crippen LogP contribution in [0.25, 0.3) is 72.7 Å². The van der Waals surface area contributed by atoms with E-state index in [0.717, 1.165) is 78.0 Å². The fourth-order valence-corrected chi connectivity index (χ4v) is 8.55. The summed E-state index contributed by atoms with van der Waals surface area (Å²) in [5.74, 6) is 0.895. The first-order valence-corrected chi connectivity index (χ1v) is 22.1. The van der Waals surface area contributed by atoms with Crippen molar-refractivity contribution in [2.24, 2.45) is 0 Å². The van der Waals surface area contributed by atoms with Gasteiger partial charge in [0.05, 0.1) is 28.0 Å². The van der Waals surface area contributed by atoms with Crippen LogP contribution in [-0.2, 0) is 21.7 Å². The molecular weight excluding hydrogens is 767 g/mol. The number of hydrogen-bond acceptors (Lipinski definition) is 3. The van der Waals surface area contributed by atoms with Gasteiger partial charge in [-0.2, -0.15) is 0 Å². The molecule has 0 aliphatic carbocycles. The number of para-hydroxylation sites is 2. The predicted molar refractivity (Wildman–Crippen MR) is 267 cm³/mol. The van der Waals surface area contributed by atoms with E-state index in [1.807, 2.05) is 42.6 Å². The lowest BCUT2D eigenvalue weighted by Crippen LogP contribution is -2.16. The van der Waals surface area contributed by atoms with Gasteiger partial charge in [0.2, 0.25) is 0 Å². The third-order valence-electron chi connectivity index (χ3n) is 12.3. The van der Waals surface area contributed by atoms with E-state index >= 15 is 0 Å². The van der Waals surface area contributed by atoms with Crippen LogP contribution in [0.1, 0.15) is 115 Å². The normalized spacial score (nSPS) is 13.5. The van der Waals surface area contributed by atoms with E-state index in [0.29, 0.717) is 17.0 Å². The van der Waals surface area contributed by atoms with Crippen LogP contribution >= 0.6 is 0 Å². The topological polar surface area (TPSA) is 50.9 Å². The number of fused-ring (bicyclic) bond motifs is 1. The zero-order valence-electron chi connectivity index (χ0n) is 42.1. The van der Waals surface area contributed by atoms with E-state index in [-0.39, 0.29) is 27.4 Å². The zero-order chi connectivity index (χ0) is 47.7. The van der Waals surface area contributed by atoms with Gasteiger partial charge >= 0.3 is 0 Å². The van der Waals surface area contributed by atoms with Gasteiger partial charge in [0, 0.05) is 21.4 Å². The number of aromatic nitrogens is 3. The largest absolute Gasteiger partial charge is 0.507 e. The molecule has 2 heterocycles. The van der Waals surface area contributed by atoms with Crippen molar-refractivity contribution in [2.45, 2.75) is 112 Å². The molecule has 4 nitrogen and oxygen atoms in total. The highest BCUT2D eigenvalue weighted by Crippen LogP contribution is 2.44. The number of nitrogens with zero attached hydrogens (tertiary/aromatic N) is 3. The molecule has 320 valence electrons. The minimum Gasteiger partial charge on any atom is -0.507 e. The first-order valence-electron chi connectivity index (χ1n) is 23.6. The Labute approximate surface area is 380 Å². The molecule has 0 fully saturated rings. The van der Waals surface area contributed by atoms with E-state index in [9.17, 15) is 5.11 Å². The van der Waals surface area contributed by atoms with Crippen LogP contribution in [0.15, 0.2) is 140 Å². The Bertz CT molecular complexity index is 3090. The van der Waals surface area contributed by atoms with Crippen LogP contribution in [0, 0.1) is 6.85 Å². The highest BCUT2D eigenvalue weighted by molar-refractivity contribution is 5.97. The van der Waals surface area contributed by atoms with Crippen LogP contribution in [-0.4, -0.2) is 19.6 Å². The molecule has 6 aromatic carbocycles. The fourth-order valence-electron chi connectivity index (χ4n) is 8.55. The smallest absolute Gasteiger partial charge is 0.149 e. The van der Waals surface area contributed by atoms with Gasteiger partial charge < -0.3 is 5.11 Å². The number of imidazole rings is 1. The van der Waals surface area contributed by atoms with Crippen LogP contribution < -0.4 is 0 Å². The Balaban J connectivity index is 1.36. The standard InChI is InChI=1S/C59H63N3O/c1-37-20-22-38(23-21-37)41-30-31-60-50(36-41)43-32-42(33-45(34-43)57(5,6)7)46-16-15-19-52-53(46)61-55(47-17-14-18-48(54(47)63)58(8,9)10)62(52)51-29-26-40(35-49(51)59(11,12)13)39-24-27-44(28-25-39)56(2,3)4/h14-36,63H,1-13H3/i1D3. The van der Waals surface area contributed by atoms with Gasteiger partial charge in [0.25, 0.3) is 0 Å². The Morgan fingerprint density at radius 1 is 0.492 bits per heavy atom. The Kier molecular flexibility index (Phi) is 9.94. The van der Waals surface area contributed by atoms with Crippen molar-refractivity contribution in [3.05, 3.63) is 167 Å². The number of benzene rings is 6. The van der Waals surface area contributed by atoms with Crippen LogP contribution in [0.2, 0.25) is 0 Å². The molecule has 0 saturated carbocycles. The summed E-state index contributed by atoms with van der Waals surface area (Å²) in [6, 6.07) is 45.9. The highest BCUT2D eigenvalue weighted by Gasteiger charge is 2.28. The maximum atomic E-state index is 12.2. The second-order valence-electron chi connectivity index (χ2n) is 21.3. The second kappa shape index (κ2) is 15.8. The van der Waals surface area contributed by atoms with E-state index in [1.165, 1.54) is 5.56 Å². The molecular formula is C59H63N3O. The summed E-state index contributed by atoms with van der Waals surface area (Å²) >= 11 is 0. The van der Waals surface area contributed by atoms with Crippen LogP contribution in [0.5, 0.6) is 5.75 Å². The van der Waals surface area contributed by atoms with Gasteiger partial charge in [0.15, 0.2) is 0 Å². The van der Waals surface area contributed by atoms with Crippen molar-refractivity contribution in [1.82, 2.24) is 14.5 Å². The molecule has 4 heteroatoms. The van der Waals surface area contributed by atoms with Gasteiger partial charge in [-0.1, -0.05) is 174 Å². The number of hydrogen-bond donors (Lipinski definition) is 1. The molecule has 2 aromatic heterocycles. The maximum absolute atomic E-state index is 12.2. The number of phenolic OH excluding ortho intramolecular Hbond substituents is 1. The van der Waals surface area contributed by atoms with Gasteiger partial charge in [-0.25, -0.2) is 4.98 Å². The van der Waals surface area contributed by atoms with E-state index < -0.39 is 6.85 Å². The van der Waals surface area contributed by atoms with Crippen molar-refractivity contribution in [3.63, 3.8) is 0 Å². The fraction of sp³-hybridized carbons (Fsp3) is 0.288. The number of aromatic hydroxyl groups is 1. The lowest BCUT2D eigenvalue weighted by Gasteiger charge is -2.26. The number of aryl methyl sites for hydroxylation is 1. The molecule has 0 radical (unpaired) electrons. The Morgan fingerprint density at radius 3 is 1.71 bits per heavy atom. The zero-order valence-corrected chi connectivity index (χ0v) is 39.1. The van der Waals surface area contributed by atoms with Gasteiger partial charge in [-0.3, -0.25) is 9.55 Å². The molecule has 8 aromatic rings. The van der Waals surface area contributed by atoms with Crippen LogP contribution in [0.4, 0.5) is 0 Å². The number of phenols is 1. The molecule has 1 N–H and O–H groups in total. The average Bonchev–Trinajstić information content (AvgIpc) is 3.64. The molecule has 0 aliphatic heterocycles. The minimum absolute atomic E-state index is 0.0585. The molecule has 0 saturated heterocycles. The quantitative estimate of drug-likeness (QED) is 0.182. The molecule has 0 unspecified atom stereocenters. The molecule has 0 atom stereocenters.